The lowest BCUT2D eigenvalue weighted by Gasteiger charge is -2.33. The number of carboxylic acids is 1. The summed E-state index contributed by atoms with van der Waals surface area (Å²) in [4.78, 5) is 14.0. The molecule has 2 N–H and O–H groups in total. The molecule has 0 spiro atoms. The number of nitrogens with one attached hydrogen (secondary N) is 1. The Morgan fingerprint density at radius 1 is 1.45 bits per heavy atom. The van der Waals surface area contributed by atoms with E-state index in [1.54, 1.807) is 0 Å². The zero-order valence-electron chi connectivity index (χ0n) is 13.8. The van der Waals surface area contributed by atoms with Crippen molar-refractivity contribution in [3.63, 3.8) is 0 Å². The van der Waals surface area contributed by atoms with Crippen LogP contribution in [-0.2, 0) is 4.79 Å². The van der Waals surface area contributed by atoms with Crippen LogP contribution in [0.4, 0.5) is 0 Å². The summed E-state index contributed by atoms with van der Waals surface area (Å²) in [6.45, 7) is 13.6. The van der Waals surface area contributed by atoms with Gasteiger partial charge in [-0.1, -0.05) is 20.8 Å². The van der Waals surface area contributed by atoms with E-state index in [1.807, 2.05) is 6.92 Å². The molecule has 0 aliphatic carbocycles. The maximum atomic E-state index is 11.6. The maximum Gasteiger partial charge on any atom is 0.323 e. The zero-order chi connectivity index (χ0) is 15.3. The Morgan fingerprint density at radius 3 is 2.55 bits per heavy atom. The van der Waals surface area contributed by atoms with E-state index < -0.39 is 11.5 Å². The van der Waals surface area contributed by atoms with Crippen LogP contribution >= 0.6 is 0 Å². The van der Waals surface area contributed by atoms with Crippen LogP contribution in [0.25, 0.3) is 0 Å². The molecule has 4 heteroatoms. The van der Waals surface area contributed by atoms with Crippen molar-refractivity contribution in [3.05, 3.63) is 0 Å². The van der Waals surface area contributed by atoms with Crippen LogP contribution in [0.2, 0.25) is 0 Å². The third-order valence-electron chi connectivity index (χ3n) is 4.76. The number of rotatable bonds is 8. The Morgan fingerprint density at radius 2 is 2.10 bits per heavy atom. The van der Waals surface area contributed by atoms with Gasteiger partial charge in [0, 0.05) is 12.6 Å². The Labute approximate surface area is 123 Å². The highest BCUT2D eigenvalue weighted by atomic mass is 16.4. The molecule has 0 bridgehead atoms. The van der Waals surface area contributed by atoms with E-state index in [-0.39, 0.29) is 0 Å². The molecule has 0 saturated carbocycles. The summed E-state index contributed by atoms with van der Waals surface area (Å²) in [5.41, 5.74) is -0.814. The fourth-order valence-electron chi connectivity index (χ4n) is 3.12. The van der Waals surface area contributed by atoms with Gasteiger partial charge in [0.1, 0.15) is 5.54 Å². The van der Waals surface area contributed by atoms with Crippen LogP contribution < -0.4 is 5.32 Å². The van der Waals surface area contributed by atoms with Gasteiger partial charge in [0.2, 0.25) is 0 Å². The Bertz CT molecular complexity index is 320. The lowest BCUT2D eigenvalue weighted by Crippen LogP contribution is -2.53. The molecular formula is C16H32N2O2. The normalized spacial score (nSPS) is 24.8. The van der Waals surface area contributed by atoms with Gasteiger partial charge >= 0.3 is 5.97 Å². The highest BCUT2D eigenvalue weighted by Crippen LogP contribution is 2.27. The van der Waals surface area contributed by atoms with Crippen LogP contribution in [-0.4, -0.2) is 47.2 Å². The Hall–Kier alpha value is -0.610. The summed E-state index contributed by atoms with van der Waals surface area (Å²) in [7, 11) is 0. The minimum atomic E-state index is -0.814. The van der Waals surface area contributed by atoms with Crippen LogP contribution in [0, 0.1) is 11.8 Å². The molecule has 4 nitrogen and oxygen atoms in total. The van der Waals surface area contributed by atoms with E-state index >= 15 is 0 Å². The predicted octanol–water partition coefficient (Wildman–Crippen LogP) is 2.59. The standard InChI is InChI=1S/C16H32N2O2/c1-6-8-17-16(5,15(19)20)10-13(4)18-9-7-14(11-18)12(2)3/h12-14,17H,6-11H2,1-5H3,(H,19,20). The first-order valence-corrected chi connectivity index (χ1v) is 8.02. The first-order chi connectivity index (χ1) is 9.30. The van der Waals surface area contributed by atoms with E-state index in [0.29, 0.717) is 12.5 Å². The van der Waals surface area contributed by atoms with Gasteiger partial charge in [-0.05, 0) is 58.0 Å². The summed E-state index contributed by atoms with van der Waals surface area (Å²) >= 11 is 0. The van der Waals surface area contributed by atoms with E-state index in [0.717, 1.165) is 37.9 Å². The average Bonchev–Trinajstić information content (AvgIpc) is 2.86. The van der Waals surface area contributed by atoms with Crippen LogP contribution in [0.3, 0.4) is 0 Å². The van der Waals surface area contributed by atoms with Crippen molar-refractivity contribution in [2.45, 2.75) is 65.5 Å². The van der Waals surface area contributed by atoms with E-state index in [9.17, 15) is 9.90 Å². The topological polar surface area (TPSA) is 52.6 Å². The zero-order valence-corrected chi connectivity index (χ0v) is 13.8. The summed E-state index contributed by atoms with van der Waals surface area (Å²) in [5, 5.41) is 12.7. The molecule has 0 amide bonds. The van der Waals surface area contributed by atoms with Gasteiger partial charge in [-0.15, -0.1) is 0 Å². The van der Waals surface area contributed by atoms with Crippen LogP contribution in [0.1, 0.15) is 53.9 Å². The summed E-state index contributed by atoms with van der Waals surface area (Å²) in [6, 6.07) is 0.309. The van der Waals surface area contributed by atoms with Gasteiger partial charge in [-0.25, -0.2) is 0 Å². The van der Waals surface area contributed by atoms with Gasteiger partial charge in [0.05, 0.1) is 0 Å². The smallest absolute Gasteiger partial charge is 0.323 e. The molecule has 0 radical (unpaired) electrons. The van der Waals surface area contributed by atoms with Crippen molar-refractivity contribution in [3.8, 4) is 0 Å². The van der Waals surface area contributed by atoms with Gasteiger partial charge < -0.3 is 15.3 Å². The van der Waals surface area contributed by atoms with Gasteiger partial charge in [0.25, 0.3) is 0 Å². The third-order valence-corrected chi connectivity index (χ3v) is 4.76. The van der Waals surface area contributed by atoms with E-state index in [2.05, 4.69) is 37.9 Å². The summed E-state index contributed by atoms with van der Waals surface area (Å²) in [6.07, 6.45) is 2.86. The second kappa shape index (κ2) is 7.41. The number of carbonyl (C=O) groups is 1. The molecular weight excluding hydrogens is 252 g/mol. The van der Waals surface area contributed by atoms with Crippen molar-refractivity contribution < 1.29 is 9.90 Å². The molecule has 1 aliphatic rings. The van der Waals surface area contributed by atoms with Crippen molar-refractivity contribution in [2.75, 3.05) is 19.6 Å². The number of hydrogen-bond acceptors (Lipinski definition) is 3. The Kier molecular flexibility index (Phi) is 6.46. The van der Waals surface area contributed by atoms with Crippen molar-refractivity contribution in [2.24, 2.45) is 11.8 Å². The molecule has 3 unspecified atom stereocenters. The lowest BCUT2D eigenvalue weighted by molar-refractivity contribution is -0.145. The SMILES string of the molecule is CCCNC(C)(CC(C)N1CCC(C(C)C)C1)C(=O)O. The van der Waals surface area contributed by atoms with Crippen LogP contribution in [0.5, 0.6) is 0 Å². The van der Waals surface area contributed by atoms with Gasteiger partial charge in [0.15, 0.2) is 0 Å². The number of aliphatic carboxylic acids is 1. The van der Waals surface area contributed by atoms with Crippen LogP contribution in [0.15, 0.2) is 0 Å². The molecule has 118 valence electrons. The largest absolute Gasteiger partial charge is 0.480 e. The minimum Gasteiger partial charge on any atom is -0.480 e. The number of nitrogens with zero attached hydrogens (tertiary/aromatic N) is 1. The number of hydrogen-bond donors (Lipinski definition) is 2. The number of carboxylic acid groups (broad SMARTS) is 1. The van der Waals surface area contributed by atoms with Gasteiger partial charge in [-0.2, -0.15) is 0 Å². The molecule has 1 fully saturated rings. The fraction of sp³-hybridized carbons (Fsp3) is 0.938. The lowest BCUT2D eigenvalue weighted by atomic mass is 9.92. The molecule has 20 heavy (non-hydrogen) atoms. The molecule has 0 aromatic carbocycles. The van der Waals surface area contributed by atoms with Crippen molar-refractivity contribution in [1.82, 2.24) is 10.2 Å². The van der Waals surface area contributed by atoms with Crippen molar-refractivity contribution in [1.29, 1.82) is 0 Å². The molecule has 3 atom stereocenters. The highest BCUT2D eigenvalue weighted by molar-refractivity contribution is 5.78. The quantitative estimate of drug-likeness (QED) is 0.719. The predicted molar refractivity (Wildman–Crippen MR) is 82.9 cm³/mol. The monoisotopic (exact) mass is 284 g/mol. The fourth-order valence-corrected chi connectivity index (χ4v) is 3.12. The van der Waals surface area contributed by atoms with Crippen molar-refractivity contribution >= 4 is 5.97 Å². The molecule has 0 aromatic heterocycles. The third kappa shape index (κ3) is 4.45. The maximum absolute atomic E-state index is 11.6. The molecule has 1 saturated heterocycles. The summed E-state index contributed by atoms with van der Waals surface area (Å²) < 4.78 is 0. The van der Waals surface area contributed by atoms with E-state index in [4.69, 9.17) is 0 Å². The first-order valence-electron chi connectivity index (χ1n) is 8.02. The highest BCUT2D eigenvalue weighted by Gasteiger charge is 2.37. The number of likely N-dealkylation sites (tertiary alicyclic amines) is 1. The molecule has 1 heterocycles. The second-order valence-electron chi connectivity index (χ2n) is 6.90. The molecule has 0 aromatic rings. The Balaban J connectivity index is 2.58. The van der Waals surface area contributed by atoms with Gasteiger partial charge in [-0.3, -0.25) is 4.79 Å². The minimum absolute atomic E-state index is 0.309. The second-order valence-corrected chi connectivity index (χ2v) is 6.90. The molecule has 1 rings (SSSR count). The summed E-state index contributed by atoms with van der Waals surface area (Å²) in [5.74, 6) is 0.741. The first kappa shape index (κ1) is 17.4. The van der Waals surface area contributed by atoms with E-state index in [1.165, 1.54) is 6.42 Å². The average molecular weight is 284 g/mol. The molecule has 1 aliphatic heterocycles.